The number of aromatic nitrogens is 1. The third kappa shape index (κ3) is 4.22. The maximum absolute atomic E-state index is 11.3. The van der Waals surface area contributed by atoms with Crippen molar-refractivity contribution in [2.24, 2.45) is 5.29 Å². The Morgan fingerprint density at radius 3 is 2.48 bits per heavy atom. The Bertz CT molecular complexity index is 891. The van der Waals surface area contributed by atoms with Crippen molar-refractivity contribution in [2.45, 2.75) is 10.6 Å². The summed E-state index contributed by atoms with van der Waals surface area (Å²) in [5.41, 5.74) is 2.90. The van der Waals surface area contributed by atoms with Crippen molar-refractivity contribution >= 4 is 23.1 Å². The Kier molecular flexibility index (Phi) is 5.39. The monoisotopic (exact) mass is 346 g/mol. The zero-order valence-electron chi connectivity index (χ0n) is 13.2. The van der Waals surface area contributed by atoms with Crippen LogP contribution in [-0.4, -0.2) is 4.98 Å². The van der Waals surface area contributed by atoms with Gasteiger partial charge in [-0.05, 0) is 60.2 Å². The molecule has 0 radical (unpaired) electrons. The number of hydrogen-bond donors (Lipinski definition) is 0. The van der Waals surface area contributed by atoms with Gasteiger partial charge in [0.1, 0.15) is 0 Å². The molecule has 6 heteroatoms. The van der Waals surface area contributed by atoms with E-state index in [0.717, 1.165) is 10.6 Å². The first-order valence-electron chi connectivity index (χ1n) is 7.55. The lowest BCUT2D eigenvalue weighted by molar-refractivity contribution is 1.07. The van der Waals surface area contributed by atoms with E-state index in [1.165, 1.54) is 10.6 Å². The predicted octanol–water partition coefficient (Wildman–Crippen LogP) is 5.07. The van der Waals surface area contributed by atoms with Crippen molar-refractivity contribution < 1.29 is 0 Å². The molecule has 0 saturated heterocycles. The maximum Gasteiger partial charge on any atom is 0.0992 e. The minimum atomic E-state index is 0.482. The zero-order chi connectivity index (χ0) is 17.5. The van der Waals surface area contributed by atoms with Crippen molar-refractivity contribution in [3.63, 3.8) is 0 Å². The molecule has 122 valence electrons. The average molecular weight is 346 g/mol. The largest absolute Gasteiger partial charge is 0.265 e. The van der Waals surface area contributed by atoms with Gasteiger partial charge in [0.25, 0.3) is 0 Å². The minimum Gasteiger partial charge on any atom is -0.265 e. The van der Waals surface area contributed by atoms with Gasteiger partial charge in [0.15, 0.2) is 0 Å². The quantitative estimate of drug-likeness (QED) is 0.354. The van der Waals surface area contributed by atoms with E-state index in [2.05, 4.69) is 16.3 Å². The highest BCUT2D eigenvalue weighted by Crippen LogP contribution is 2.29. The molecule has 1 heterocycles. The van der Waals surface area contributed by atoms with Crippen molar-refractivity contribution in [3.05, 3.63) is 89.1 Å². The fraction of sp³-hybridized carbons (Fsp3) is 0.0526. The van der Waals surface area contributed by atoms with Gasteiger partial charge in [0.05, 0.1) is 28.3 Å². The van der Waals surface area contributed by atoms with Gasteiger partial charge >= 0.3 is 0 Å². The summed E-state index contributed by atoms with van der Waals surface area (Å²) in [6, 6.07) is 20.4. The summed E-state index contributed by atoms with van der Waals surface area (Å²) in [5, 5.41) is 13.4. The second-order valence-corrected chi connectivity index (χ2v) is 6.24. The average Bonchev–Trinajstić information content (AvgIpc) is 2.69. The van der Waals surface area contributed by atoms with Gasteiger partial charge in [0, 0.05) is 23.0 Å². The summed E-state index contributed by atoms with van der Waals surface area (Å²) >= 11 is 1.71. The molecule has 0 amide bonds. The number of pyridine rings is 1. The Balaban J connectivity index is 1.74. The second kappa shape index (κ2) is 8.08. The number of hydrogen-bond acceptors (Lipinski definition) is 5. The van der Waals surface area contributed by atoms with Crippen LogP contribution in [0.1, 0.15) is 11.1 Å². The van der Waals surface area contributed by atoms with Crippen LogP contribution < -0.4 is 5.01 Å². The number of benzene rings is 2. The molecule has 3 rings (SSSR count). The predicted molar refractivity (Wildman–Crippen MR) is 99.3 cm³/mol. The third-order valence-corrected chi connectivity index (χ3v) is 4.62. The minimum absolute atomic E-state index is 0.482. The summed E-state index contributed by atoms with van der Waals surface area (Å²) in [5.74, 6) is 0.849. The standard InChI is InChI=1S/C19H14N4OS/c20-13-16-2-1-3-18(12-16)23(22-24)17-4-6-19(7-5-17)25-14-15-8-10-21-11-9-15/h1-12H,14H2. The number of thioether (sulfide) groups is 1. The Morgan fingerprint density at radius 2 is 1.80 bits per heavy atom. The van der Waals surface area contributed by atoms with Crippen molar-refractivity contribution in [1.82, 2.24) is 4.98 Å². The molecule has 25 heavy (non-hydrogen) atoms. The maximum atomic E-state index is 11.3. The van der Waals surface area contributed by atoms with Gasteiger partial charge in [-0.1, -0.05) is 6.07 Å². The first kappa shape index (κ1) is 16.7. The van der Waals surface area contributed by atoms with E-state index in [-0.39, 0.29) is 0 Å². The van der Waals surface area contributed by atoms with E-state index in [1.54, 1.807) is 48.4 Å². The van der Waals surface area contributed by atoms with Gasteiger partial charge < -0.3 is 0 Å². The molecular formula is C19H14N4OS. The second-order valence-electron chi connectivity index (χ2n) is 5.19. The summed E-state index contributed by atoms with van der Waals surface area (Å²) < 4.78 is 0. The molecule has 0 bridgehead atoms. The lowest BCUT2D eigenvalue weighted by Gasteiger charge is -2.15. The molecule has 1 aromatic heterocycles. The summed E-state index contributed by atoms with van der Waals surface area (Å²) in [6.07, 6.45) is 3.56. The molecule has 0 unspecified atom stereocenters. The Hall–Kier alpha value is -3.17. The highest BCUT2D eigenvalue weighted by atomic mass is 32.2. The lowest BCUT2D eigenvalue weighted by Crippen LogP contribution is -2.07. The topological polar surface area (TPSA) is 69.3 Å². The molecule has 0 saturated carbocycles. The molecule has 0 spiro atoms. The van der Waals surface area contributed by atoms with Crippen LogP contribution in [0.4, 0.5) is 11.4 Å². The van der Waals surface area contributed by atoms with E-state index in [9.17, 15) is 4.91 Å². The molecule has 2 aromatic carbocycles. The first-order valence-corrected chi connectivity index (χ1v) is 8.54. The molecule has 0 N–H and O–H groups in total. The van der Waals surface area contributed by atoms with Gasteiger partial charge in [-0.3, -0.25) is 4.98 Å². The van der Waals surface area contributed by atoms with Gasteiger partial charge in [-0.2, -0.15) is 10.3 Å². The highest BCUT2D eigenvalue weighted by Gasteiger charge is 2.10. The fourth-order valence-corrected chi connectivity index (χ4v) is 3.13. The van der Waals surface area contributed by atoms with E-state index < -0.39 is 0 Å². The molecule has 0 aliphatic carbocycles. The van der Waals surface area contributed by atoms with E-state index in [0.29, 0.717) is 16.9 Å². The molecule has 0 fully saturated rings. The molecule has 5 nitrogen and oxygen atoms in total. The van der Waals surface area contributed by atoms with Crippen molar-refractivity contribution in [2.75, 3.05) is 5.01 Å². The van der Waals surface area contributed by atoms with Crippen LogP contribution in [0.3, 0.4) is 0 Å². The van der Waals surface area contributed by atoms with Crippen LogP contribution in [0.5, 0.6) is 0 Å². The molecule has 0 atom stereocenters. The highest BCUT2D eigenvalue weighted by molar-refractivity contribution is 7.98. The fourth-order valence-electron chi connectivity index (χ4n) is 2.28. The first-order chi connectivity index (χ1) is 12.3. The van der Waals surface area contributed by atoms with Crippen LogP contribution in [0.2, 0.25) is 0 Å². The number of anilines is 2. The van der Waals surface area contributed by atoms with Crippen LogP contribution >= 0.6 is 11.8 Å². The van der Waals surface area contributed by atoms with Crippen LogP contribution in [0.25, 0.3) is 0 Å². The van der Waals surface area contributed by atoms with Crippen LogP contribution in [0, 0.1) is 16.2 Å². The summed E-state index contributed by atoms with van der Waals surface area (Å²) in [6.45, 7) is 0. The van der Waals surface area contributed by atoms with Crippen LogP contribution in [-0.2, 0) is 5.75 Å². The van der Waals surface area contributed by atoms with Gasteiger partial charge in [-0.25, -0.2) is 0 Å². The molecule has 0 aliphatic heterocycles. The SMILES string of the molecule is N#Cc1cccc(N(N=O)c2ccc(SCc3ccncc3)cc2)c1. The Morgan fingerprint density at radius 1 is 1.04 bits per heavy atom. The molecule has 0 aliphatic rings. The Labute approximate surface area is 149 Å². The number of nitroso groups, excluding NO2 is 1. The summed E-state index contributed by atoms with van der Waals surface area (Å²) in [4.78, 5) is 16.4. The van der Waals surface area contributed by atoms with Gasteiger partial charge in [-0.15, -0.1) is 16.7 Å². The van der Waals surface area contributed by atoms with E-state index in [1.807, 2.05) is 36.4 Å². The zero-order valence-corrected chi connectivity index (χ0v) is 14.1. The van der Waals surface area contributed by atoms with E-state index >= 15 is 0 Å². The van der Waals surface area contributed by atoms with Gasteiger partial charge in [0.2, 0.25) is 0 Å². The normalized spacial score (nSPS) is 10.0. The van der Waals surface area contributed by atoms with Crippen molar-refractivity contribution in [1.29, 1.82) is 5.26 Å². The third-order valence-electron chi connectivity index (χ3n) is 3.54. The molecule has 3 aromatic rings. The van der Waals surface area contributed by atoms with Crippen LogP contribution in [0.15, 0.2) is 83.2 Å². The summed E-state index contributed by atoms with van der Waals surface area (Å²) in [7, 11) is 0. The molecular weight excluding hydrogens is 332 g/mol. The number of rotatable bonds is 6. The lowest BCUT2D eigenvalue weighted by atomic mass is 10.2. The van der Waals surface area contributed by atoms with E-state index in [4.69, 9.17) is 5.26 Å². The smallest absolute Gasteiger partial charge is 0.0992 e. The number of nitrogens with zero attached hydrogens (tertiary/aromatic N) is 4. The van der Waals surface area contributed by atoms with Crippen molar-refractivity contribution in [3.8, 4) is 6.07 Å². The number of nitriles is 1.